The van der Waals surface area contributed by atoms with Crippen LogP contribution in [0.5, 0.6) is 0 Å². The summed E-state index contributed by atoms with van der Waals surface area (Å²) < 4.78 is 0. The molecule has 0 aliphatic heterocycles. The number of hydrogen-bond donors (Lipinski definition) is 2. The van der Waals surface area contributed by atoms with Crippen molar-refractivity contribution in [3.63, 3.8) is 0 Å². The first kappa shape index (κ1) is 17.2. The SMILES string of the molecule is CC(=O)c1ccc(C(=O)NNC(=O)CSc2ccc(C)cc2)s1. The third-order valence-corrected chi connectivity index (χ3v) is 5.08. The second kappa shape index (κ2) is 7.94. The Hall–Kier alpha value is -2.12. The van der Waals surface area contributed by atoms with Gasteiger partial charge in [-0.05, 0) is 38.1 Å². The zero-order valence-corrected chi connectivity index (χ0v) is 14.3. The maximum Gasteiger partial charge on any atom is 0.279 e. The van der Waals surface area contributed by atoms with Crippen LogP contribution in [0.3, 0.4) is 0 Å². The van der Waals surface area contributed by atoms with E-state index in [0.717, 1.165) is 21.8 Å². The van der Waals surface area contributed by atoms with E-state index in [2.05, 4.69) is 10.9 Å². The van der Waals surface area contributed by atoms with E-state index in [0.29, 0.717) is 9.75 Å². The fraction of sp³-hybridized carbons (Fsp3) is 0.188. The number of carbonyl (C=O) groups is 3. The van der Waals surface area contributed by atoms with Gasteiger partial charge in [-0.3, -0.25) is 25.2 Å². The van der Waals surface area contributed by atoms with Crippen molar-refractivity contribution >= 4 is 40.7 Å². The lowest BCUT2D eigenvalue weighted by molar-refractivity contribution is -0.119. The third kappa shape index (κ3) is 5.22. The van der Waals surface area contributed by atoms with Crippen molar-refractivity contribution in [2.75, 3.05) is 5.75 Å². The summed E-state index contributed by atoms with van der Waals surface area (Å²) in [5.74, 6) is -0.622. The van der Waals surface area contributed by atoms with E-state index >= 15 is 0 Å². The Balaban J connectivity index is 1.78. The van der Waals surface area contributed by atoms with Crippen LogP contribution in [0.1, 0.15) is 31.8 Å². The van der Waals surface area contributed by atoms with Gasteiger partial charge in [0.05, 0.1) is 15.5 Å². The molecule has 0 radical (unpaired) electrons. The smallest absolute Gasteiger partial charge is 0.279 e. The van der Waals surface area contributed by atoms with Gasteiger partial charge in [0.15, 0.2) is 5.78 Å². The highest BCUT2D eigenvalue weighted by Gasteiger charge is 2.12. The van der Waals surface area contributed by atoms with E-state index < -0.39 is 5.91 Å². The number of ketones is 1. The van der Waals surface area contributed by atoms with Crippen LogP contribution in [0.15, 0.2) is 41.3 Å². The van der Waals surface area contributed by atoms with Crippen LogP contribution in [0.25, 0.3) is 0 Å². The van der Waals surface area contributed by atoms with Crippen molar-refractivity contribution < 1.29 is 14.4 Å². The molecule has 5 nitrogen and oxygen atoms in total. The molecule has 0 saturated heterocycles. The number of hydrogen-bond acceptors (Lipinski definition) is 5. The monoisotopic (exact) mass is 348 g/mol. The maximum absolute atomic E-state index is 11.9. The molecule has 0 aliphatic rings. The number of nitrogens with one attached hydrogen (secondary N) is 2. The summed E-state index contributed by atoms with van der Waals surface area (Å²) in [6.45, 7) is 3.44. The fourth-order valence-electron chi connectivity index (χ4n) is 1.66. The Morgan fingerprint density at radius 3 is 2.26 bits per heavy atom. The van der Waals surface area contributed by atoms with Crippen LogP contribution in [-0.2, 0) is 4.79 Å². The highest BCUT2D eigenvalue weighted by Crippen LogP contribution is 2.18. The van der Waals surface area contributed by atoms with E-state index in [1.165, 1.54) is 18.7 Å². The minimum Gasteiger partial charge on any atom is -0.294 e. The van der Waals surface area contributed by atoms with Crippen LogP contribution in [-0.4, -0.2) is 23.4 Å². The first-order chi connectivity index (χ1) is 11.0. The molecular formula is C16H16N2O3S2. The first-order valence-corrected chi connectivity index (χ1v) is 8.65. The van der Waals surface area contributed by atoms with Gasteiger partial charge in [-0.1, -0.05) is 17.7 Å². The van der Waals surface area contributed by atoms with Gasteiger partial charge in [-0.2, -0.15) is 0 Å². The normalized spacial score (nSPS) is 10.2. The van der Waals surface area contributed by atoms with Gasteiger partial charge in [0.1, 0.15) is 0 Å². The van der Waals surface area contributed by atoms with Crippen LogP contribution in [0.2, 0.25) is 0 Å². The summed E-state index contributed by atoms with van der Waals surface area (Å²) in [4.78, 5) is 36.7. The van der Waals surface area contributed by atoms with Gasteiger partial charge in [0, 0.05) is 4.90 Å². The Bertz CT molecular complexity index is 723. The van der Waals surface area contributed by atoms with E-state index in [1.807, 2.05) is 31.2 Å². The zero-order valence-electron chi connectivity index (χ0n) is 12.7. The lowest BCUT2D eigenvalue weighted by atomic mass is 10.2. The Kier molecular flexibility index (Phi) is 5.95. The highest BCUT2D eigenvalue weighted by atomic mass is 32.2. The minimum absolute atomic E-state index is 0.0902. The van der Waals surface area contributed by atoms with E-state index in [1.54, 1.807) is 12.1 Å². The molecule has 0 saturated carbocycles. The number of carbonyl (C=O) groups excluding carboxylic acids is 3. The number of thiophene rings is 1. The van der Waals surface area contributed by atoms with Crippen LogP contribution >= 0.6 is 23.1 Å². The number of aryl methyl sites for hydroxylation is 1. The molecule has 1 aromatic carbocycles. The van der Waals surface area contributed by atoms with Gasteiger partial charge in [-0.25, -0.2) is 0 Å². The molecule has 0 fully saturated rings. The molecule has 23 heavy (non-hydrogen) atoms. The van der Waals surface area contributed by atoms with Crippen LogP contribution in [0, 0.1) is 6.92 Å². The summed E-state index contributed by atoms with van der Waals surface area (Å²) in [5.41, 5.74) is 5.87. The number of Topliss-reactive ketones (excluding diaryl/α,β-unsaturated/α-hetero) is 1. The largest absolute Gasteiger partial charge is 0.294 e. The number of benzene rings is 1. The average molecular weight is 348 g/mol. The van der Waals surface area contributed by atoms with Crippen LogP contribution in [0.4, 0.5) is 0 Å². The molecule has 2 N–H and O–H groups in total. The van der Waals surface area contributed by atoms with Gasteiger partial charge >= 0.3 is 0 Å². The van der Waals surface area contributed by atoms with Crippen LogP contribution < -0.4 is 10.9 Å². The van der Waals surface area contributed by atoms with Gasteiger partial charge in [0.2, 0.25) is 5.91 Å². The molecule has 1 aromatic heterocycles. The summed E-state index contributed by atoms with van der Waals surface area (Å²) in [5, 5.41) is 0. The maximum atomic E-state index is 11.9. The van der Waals surface area contributed by atoms with Crippen molar-refractivity contribution in [1.82, 2.24) is 10.9 Å². The summed E-state index contributed by atoms with van der Waals surface area (Å²) in [6.07, 6.45) is 0. The van der Waals surface area contributed by atoms with E-state index in [9.17, 15) is 14.4 Å². The lowest BCUT2D eigenvalue weighted by Crippen LogP contribution is -2.42. The number of rotatable bonds is 5. The molecule has 2 amide bonds. The molecule has 2 rings (SSSR count). The number of thioether (sulfide) groups is 1. The van der Waals surface area contributed by atoms with Crippen molar-refractivity contribution in [3.05, 3.63) is 51.7 Å². The minimum atomic E-state index is -0.434. The second-order valence-corrected chi connectivity index (χ2v) is 6.96. The fourth-order valence-corrected chi connectivity index (χ4v) is 3.15. The van der Waals surface area contributed by atoms with Gasteiger partial charge in [-0.15, -0.1) is 23.1 Å². The van der Waals surface area contributed by atoms with E-state index in [4.69, 9.17) is 0 Å². The molecule has 0 bridgehead atoms. The molecular weight excluding hydrogens is 332 g/mol. The summed E-state index contributed by atoms with van der Waals surface area (Å²) >= 11 is 2.48. The number of hydrazine groups is 1. The quantitative estimate of drug-likeness (QED) is 0.495. The molecule has 0 atom stereocenters. The van der Waals surface area contributed by atoms with Crippen molar-refractivity contribution in [1.29, 1.82) is 0 Å². The Morgan fingerprint density at radius 1 is 1.00 bits per heavy atom. The third-order valence-electron chi connectivity index (χ3n) is 2.88. The summed E-state index contributed by atoms with van der Waals surface area (Å²) in [6, 6.07) is 11.0. The summed E-state index contributed by atoms with van der Waals surface area (Å²) in [7, 11) is 0. The van der Waals surface area contributed by atoms with Crippen molar-refractivity contribution in [2.24, 2.45) is 0 Å². The molecule has 120 valence electrons. The van der Waals surface area contributed by atoms with Gasteiger partial charge < -0.3 is 0 Å². The Labute approximate surface area is 142 Å². The molecule has 1 heterocycles. The molecule has 7 heteroatoms. The number of amides is 2. The average Bonchev–Trinajstić information content (AvgIpc) is 3.02. The molecule has 0 unspecified atom stereocenters. The van der Waals surface area contributed by atoms with Gasteiger partial charge in [0.25, 0.3) is 5.91 Å². The van der Waals surface area contributed by atoms with Crippen molar-refractivity contribution in [3.8, 4) is 0 Å². The molecule has 0 aliphatic carbocycles. The standard InChI is InChI=1S/C16H16N2O3S2/c1-10-3-5-12(6-4-10)22-9-15(20)17-18-16(21)14-8-7-13(23-14)11(2)19/h3-8H,9H2,1-2H3,(H,17,20)(H,18,21). The second-order valence-electron chi connectivity index (χ2n) is 4.82. The lowest BCUT2D eigenvalue weighted by Gasteiger charge is -2.06. The molecule has 2 aromatic rings. The predicted octanol–water partition coefficient (Wildman–Crippen LogP) is 2.81. The Morgan fingerprint density at radius 2 is 1.65 bits per heavy atom. The first-order valence-electron chi connectivity index (χ1n) is 6.85. The highest BCUT2D eigenvalue weighted by molar-refractivity contribution is 8.00. The predicted molar refractivity (Wildman–Crippen MR) is 91.8 cm³/mol. The zero-order chi connectivity index (χ0) is 16.8. The molecule has 0 spiro atoms. The topological polar surface area (TPSA) is 75.3 Å². The van der Waals surface area contributed by atoms with E-state index in [-0.39, 0.29) is 17.4 Å². The van der Waals surface area contributed by atoms with Crippen molar-refractivity contribution in [2.45, 2.75) is 18.7 Å².